The first-order valence-corrected chi connectivity index (χ1v) is 23.8. The summed E-state index contributed by atoms with van der Waals surface area (Å²) >= 11 is 0. The maximum Gasteiger partial charge on any atom is 0.132 e. The van der Waals surface area contributed by atoms with Crippen molar-refractivity contribution in [1.29, 1.82) is 0 Å². The van der Waals surface area contributed by atoms with E-state index in [9.17, 15) is 0 Å². The van der Waals surface area contributed by atoms with Crippen molar-refractivity contribution in [3.8, 4) is 56.4 Å². The Hall–Kier alpha value is -8.92. The lowest BCUT2D eigenvalue weighted by Crippen LogP contribution is -2.32. The van der Waals surface area contributed by atoms with Crippen LogP contribution in [0.3, 0.4) is 0 Å². The summed E-state index contributed by atoms with van der Waals surface area (Å²) in [5.74, 6) is 3.53. The van der Waals surface area contributed by atoms with E-state index in [-0.39, 0.29) is 0 Å². The van der Waals surface area contributed by atoms with Gasteiger partial charge in [0.05, 0.1) is 16.5 Å². The van der Waals surface area contributed by atoms with Crippen LogP contribution in [0.2, 0.25) is 0 Å². The first-order valence-electron chi connectivity index (χ1n) is 23.8. The van der Waals surface area contributed by atoms with Gasteiger partial charge in [0.1, 0.15) is 23.0 Å². The third-order valence-corrected chi connectivity index (χ3v) is 15.4. The normalized spacial score (nSPS) is 14.3. The first-order chi connectivity index (χ1) is 34.2. The summed E-state index contributed by atoms with van der Waals surface area (Å²) in [6.07, 6.45) is 0. The molecule has 2 aliphatic heterocycles. The third-order valence-electron chi connectivity index (χ3n) is 15.4. The van der Waals surface area contributed by atoms with Gasteiger partial charge >= 0.3 is 0 Å². The highest BCUT2D eigenvalue weighted by molar-refractivity contribution is 6.03. The quantitative estimate of drug-likeness (QED) is 0.176. The van der Waals surface area contributed by atoms with Crippen molar-refractivity contribution >= 4 is 27.8 Å². The van der Waals surface area contributed by atoms with E-state index >= 15 is 0 Å². The van der Waals surface area contributed by atoms with Crippen molar-refractivity contribution in [3.05, 3.63) is 293 Å². The van der Waals surface area contributed by atoms with Gasteiger partial charge in [0, 0.05) is 39.2 Å². The average molecular weight is 880 g/mol. The topological polar surface area (TPSA) is 21.7 Å². The summed E-state index contributed by atoms with van der Waals surface area (Å²) in [4.78, 5) is 2.49. The molecule has 0 fully saturated rings. The van der Waals surface area contributed by atoms with Crippen molar-refractivity contribution in [2.75, 3.05) is 4.90 Å². The van der Waals surface area contributed by atoms with E-state index in [0.29, 0.717) is 0 Å². The van der Waals surface area contributed by atoms with Crippen molar-refractivity contribution < 1.29 is 9.47 Å². The molecule has 0 unspecified atom stereocenters. The van der Waals surface area contributed by atoms with Gasteiger partial charge in [-0.2, -0.15) is 0 Å². The van der Waals surface area contributed by atoms with Gasteiger partial charge in [0.2, 0.25) is 0 Å². The predicted molar refractivity (Wildman–Crippen MR) is 279 cm³/mol. The molecule has 0 saturated carbocycles. The van der Waals surface area contributed by atoms with Crippen molar-refractivity contribution in [2.45, 2.75) is 10.8 Å². The van der Waals surface area contributed by atoms with Crippen LogP contribution >= 0.6 is 0 Å². The molecule has 11 aromatic rings. The fourth-order valence-corrected chi connectivity index (χ4v) is 12.7. The number of nitrogens with zero attached hydrogens (tertiary/aromatic N) is 1. The maximum absolute atomic E-state index is 6.77. The van der Waals surface area contributed by atoms with E-state index in [0.717, 1.165) is 73.4 Å². The molecule has 0 aromatic heterocycles. The minimum absolute atomic E-state index is 0.619. The predicted octanol–water partition coefficient (Wildman–Crippen LogP) is 16.9. The van der Waals surface area contributed by atoms with Gasteiger partial charge in [-0.05, 0) is 115 Å². The molecule has 3 heteroatoms. The molecule has 0 saturated heterocycles. The maximum atomic E-state index is 6.77. The number of para-hydroxylation sites is 5. The largest absolute Gasteiger partial charge is 0.457 e. The average Bonchev–Trinajstić information content (AvgIpc) is 3.87. The molecule has 2 spiro atoms. The summed E-state index contributed by atoms with van der Waals surface area (Å²) < 4.78 is 13.5. The van der Waals surface area contributed by atoms with E-state index < -0.39 is 10.8 Å². The van der Waals surface area contributed by atoms with Gasteiger partial charge in [-0.25, -0.2) is 0 Å². The Balaban J connectivity index is 1.03. The summed E-state index contributed by atoms with van der Waals surface area (Å²) in [5.41, 5.74) is 18.8. The van der Waals surface area contributed by atoms with Crippen LogP contribution in [0.4, 0.5) is 17.1 Å². The van der Waals surface area contributed by atoms with Gasteiger partial charge in [-0.1, -0.05) is 194 Å². The van der Waals surface area contributed by atoms with Crippen LogP contribution in [0.5, 0.6) is 23.0 Å². The summed E-state index contributed by atoms with van der Waals surface area (Å²) in [6.45, 7) is 0. The molecule has 11 aromatic carbocycles. The van der Waals surface area contributed by atoms with Crippen LogP contribution in [-0.2, 0) is 10.8 Å². The Bertz CT molecular complexity index is 3850. The van der Waals surface area contributed by atoms with Gasteiger partial charge in [0.15, 0.2) is 0 Å². The van der Waals surface area contributed by atoms with Crippen molar-refractivity contribution in [2.24, 2.45) is 0 Å². The molecular formula is C66H41NO2. The number of hydrogen-bond acceptors (Lipinski definition) is 3. The molecule has 2 aliphatic carbocycles. The molecule has 322 valence electrons. The molecule has 15 rings (SSSR count). The molecule has 0 bridgehead atoms. The molecule has 0 radical (unpaired) electrons. The van der Waals surface area contributed by atoms with E-state index in [2.05, 4.69) is 254 Å². The molecule has 3 nitrogen and oxygen atoms in total. The first kappa shape index (κ1) is 38.2. The van der Waals surface area contributed by atoms with Crippen LogP contribution in [0, 0.1) is 0 Å². The highest BCUT2D eigenvalue weighted by Gasteiger charge is 2.53. The van der Waals surface area contributed by atoms with E-state index in [1.165, 1.54) is 55.3 Å². The monoisotopic (exact) mass is 879 g/mol. The second-order valence-electron chi connectivity index (χ2n) is 18.6. The second kappa shape index (κ2) is 14.3. The lowest BCUT2D eigenvalue weighted by atomic mass is 9.65. The molecule has 0 amide bonds. The fraction of sp³-hybridized carbons (Fsp3) is 0.0303. The highest BCUT2D eigenvalue weighted by Crippen LogP contribution is 2.65. The number of rotatable bonds is 4. The smallest absolute Gasteiger partial charge is 0.132 e. The number of hydrogen-bond donors (Lipinski definition) is 0. The SMILES string of the molecule is c1ccc(-c2ccccc2N(c2ccc3c(c2)-c2ccc4ccccc4c2C32c3ccccc3Oc3ccccc32)c2ccc3c(c2)C2(c4ccccc4Oc4ccccc42)c2ccccc2-3)cc1. The van der Waals surface area contributed by atoms with Crippen molar-refractivity contribution in [1.82, 2.24) is 0 Å². The highest BCUT2D eigenvalue weighted by atomic mass is 16.5. The van der Waals surface area contributed by atoms with E-state index in [4.69, 9.17) is 9.47 Å². The number of fused-ring (bicyclic) bond motifs is 20. The molecule has 69 heavy (non-hydrogen) atoms. The molecule has 4 aliphatic rings. The zero-order valence-electron chi connectivity index (χ0n) is 37.4. The third kappa shape index (κ3) is 5.06. The lowest BCUT2D eigenvalue weighted by molar-refractivity contribution is 0.436. The molecule has 0 N–H and O–H groups in total. The Morgan fingerprint density at radius 2 is 0.768 bits per heavy atom. The summed E-state index contributed by atoms with van der Waals surface area (Å²) in [6, 6.07) is 91.0. The number of ether oxygens (including phenoxy) is 2. The van der Waals surface area contributed by atoms with Crippen LogP contribution in [-0.4, -0.2) is 0 Å². The van der Waals surface area contributed by atoms with Crippen LogP contribution < -0.4 is 14.4 Å². The Kier molecular flexibility index (Phi) is 7.92. The number of anilines is 3. The molecular weight excluding hydrogens is 839 g/mol. The molecule has 2 heterocycles. The summed E-state index contributed by atoms with van der Waals surface area (Å²) in [5, 5.41) is 2.46. The van der Waals surface area contributed by atoms with Gasteiger partial charge in [-0.3, -0.25) is 0 Å². The standard InChI is InChI=1S/C66H41NO2/c1-2-18-42(19-3-1)46-21-7-13-29-59(46)67(45-35-38-49-48-23-6-8-24-52(48)65(58(49)41-45)54-25-9-14-30-60(54)68-61-31-15-10-26-55(61)65)44-36-39-53-51(40-44)50-37-34-43-20-4-5-22-47(43)64(50)66(53)56-27-11-16-32-62(56)69-63-33-17-12-28-57(63)66/h1-41H. The van der Waals surface area contributed by atoms with Gasteiger partial charge in [-0.15, -0.1) is 0 Å². The fourth-order valence-electron chi connectivity index (χ4n) is 12.7. The van der Waals surface area contributed by atoms with Gasteiger partial charge < -0.3 is 14.4 Å². The number of benzene rings is 11. The van der Waals surface area contributed by atoms with Crippen LogP contribution in [0.15, 0.2) is 249 Å². The van der Waals surface area contributed by atoms with E-state index in [1.807, 2.05) is 0 Å². The molecule has 0 atom stereocenters. The van der Waals surface area contributed by atoms with Crippen LogP contribution in [0.25, 0.3) is 44.2 Å². The summed E-state index contributed by atoms with van der Waals surface area (Å²) in [7, 11) is 0. The lowest BCUT2D eigenvalue weighted by Gasteiger charge is -2.40. The minimum Gasteiger partial charge on any atom is -0.457 e. The Labute approximate surface area is 400 Å². The zero-order chi connectivity index (χ0) is 45.3. The zero-order valence-corrected chi connectivity index (χ0v) is 37.4. The minimum atomic E-state index is -0.627. The van der Waals surface area contributed by atoms with E-state index in [1.54, 1.807) is 0 Å². The van der Waals surface area contributed by atoms with Gasteiger partial charge in [0.25, 0.3) is 0 Å². The second-order valence-corrected chi connectivity index (χ2v) is 18.6. The Morgan fingerprint density at radius 3 is 1.45 bits per heavy atom. The van der Waals surface area contributed by atoms with Crippen LogP contribution in [0.1, 0.15) is 44.5 Å². The van der Waals surface area contributed by atoms with Crippen molar-refractivity contribution in [3.63, 3.8) is 0 Å². The Morgan fingerprint density at radius 1 is 0.290 bits per heavy atom.